The van der Waals surface area contributed by atoms with Crippen molar-refractivity contribution in [2.75, 3.05) is 39.3 Å². The summed E-state index contributed by atoms with van der Waals surface area (Å²) in [7, 11) is 5.15. The second-order valence-electron chi connectivity index (χ2n) is 6.43. The standard InChI is InChI=1S/C19H27N5O2S.HI/c1-13-18(27-12-22-13)10-21-19(20-2)23-14-5-6-24(11-14)15-7-16(25-3)9-17(8-15)26-4;/h7-9,12,14H,5-6,10-11H2,1-4H3,(H2,20,21,23);1H. The number of aryl methyl sites for hydroxylation is 1. The Morgan fingerprint density at radius 3 is 2.57 bits per heavy atom. The number of aliphatic imine (C=N–C) groups is 1. The Hall–Kier alpha value is -1.75. The number of benzene rings is 1. The summed E-state index contributed by atoms with van der Waals surface area (Å²) in [6, 6.07) is 6.31. The molecule has 0 aliphatic carbocycles. The summed E-state index contributed by atoms with van der Waals surface area (Å²) in [5, 5.41) is 6.90. The number of anilines is 1. The highest BCUT2D eigenvalue weighted by Gasteiger charge is 2.24. The van der Waals surface area contributed by atoms with Gasteiger partial charge in [0, 0.05) is 54.9 Å². The molecule has 2 N–H and O–H groups in total. The molecule has 0 saturated carbocycles. The van der Waals surface area contributed by atoms with Crippen LogP contribution in [0.4, 0.5) is 5.69 Å². The minimum absolute atomic E-state index is 0. The molecule has 1 saturated heterocycles. The fourth-order valence-electron chi connectivity index (χ4n) is 3.14. The van der Waals surface area contributed by atoms with Gasteiger partial charge in [-0.2, -0.15) is 0 Å². The molecule has 1 aliphatic heterocycles. The predicted molar refractivity (Wildman–Crippen MR) is 126 cm³/mol. The van der Waals surface area contributed by atoms with Crippen molar-refractivity contribution in [3.8, 4) is 11.5 Å². The van der Waals surface area contributed by atoms with E-state index in [2.05, 4.69) is 25.5 Å². The first-order chi connectivity index (χ1) is 13.1. The fourth-order valence-corrected chi connectivity index (χ4v) is 3.85. The number of thiazole rings is 1. The molecule has 0 amide bonds. The smallest absolute Gasteiger partial charge is 0.191 e. The molecule has 2 aromatic rings. The third-order valence-corrected chi connectivity index (χ3v) is 5.65. The summed E-state index contributed by atoms with van der Waals surface area (Å²) in [5.41, 5.74) is 4.06. The molecule has 2 heterocycles. The van der Waals surface area contributed by atoms with E-state index >= 15 is 0 Å². The van der Waals surface area contributed by atoms with Crippen molar-refractivity contribution in [2.24, 2.45) is 4.99 Å². The molecule has 28 heavy (non-hydrogen) atoms. The summed E-state index contributed by atoms with van der Waals surface area (Å²) >= 11 is 1.66. The number of halogens is 1. The molecule has 1 aromatic heterocycles. The first kappa shape index (κ1) is 22.5. The summed E-state index contributed by atoms with van der Waals surface area (Å²) < 4.78 is 10.8. The van der Waals surface area contributed by atoms with E-state index in [4.69, 9.17) is 9.47 Å². The van der Waals surface area contributed by atoms with Gasteiger partial charge < -0.3 is 25.0 Å². The number of nitrogens with zero attached hydrogens (tertiary/aromatic N) is 3. The third-order valence-electron chi connectivity index (χ3n) is 4.72. The predicted octanol–water partition coefficient (Wildman–Crippen LogP) is 3.03. The van der Waals surface area contributed by atoms with Crippen LogP contribution in [0, 0.1) is 6.92 Å². The number of methoxy groups -OCH3 is 2. The molecule has 0 spiro atoms. The summed E-state index contributed by atoms with van der Waals surface area (Å²) in [5.74, 6) is 2.43. The molecule has 0 radical (unpaired) electrons. The third kappa shape index (κ3) is 5.63. The first-order valence-corrected chi connectivity index (χ1v) is 9.85. The zero-order valence-electron chi connectivity index (χ0n) is 16.7. The molecule has 9 heteroatoms. The van der Waals surface area contributed by atoms with Crippen molar-refractivity contribution in [2.45, 2.75) is 25.9 Å². The van der Waals surface area contributed by atoms with Crippen LogP contribution < -0.4 is 25.0 Å². The molecule has 1 aliphatic rings. The number of hydrogen-bond acceptors (Lipinski definition) is 6. The van der Waals surface area contributed by atoms with E-state index in [1.54, 1.807) is 32.6 Å². The van der Waals surface area contributed by atoms with Crippen molar-refractivity contribution in [3.05, 3.63) is 34.3 Å². The Balaban J connectivity index is 0.00000280. The normalized spacial score (nSPS) is 16.5. The van der Waals surface area contributed by atoms with Crippen LogP contribution in [0.1, 0.15) is 17.0 Å². The highest BCUT2D eigenvalue weighted by Crippen LogP contribution is 2.30. The number of aromatic nitrogens is 1. The van der Waals surface area contributed by atoms with Crippen LogP contribution in [0.25, 0.3) is 0 Å². The fraction of sp³-hybridized carbons (Fsp3) is 0.474. The molecule has 154 valence electrons. The Morgan fingerprint density at radius 2 is 2.00 bits per heavy atom. The molecule has 1 fully saturated rings. The Labute approximate surface area is 187 Å². The minimum atomic E-state index is 0. The van der Waals surface area contributed by atoms with Crippen LogP contribution in [0.5, 0.6) is 11.5 Å². The Bertz CT molecular complexity index is 776. The van der Waals surface area contributed by atoms with Crippen molar-refractivity contribution < 1.29 is 9.47 Å². The van der Waals surface area contributed by atoms with Gasteiger partial charge in [0.1, 0.15) is 11.5 Å². The Morgan fingerprint density at radius 1 is 1.29 bits per heavy atom. The van der Waals surface area contributed by atoms with Gasteiger partial charge in [0.2, 0.25) is 0 Å². The van der Waals surface area contributed by atoms with Gasteiger partial charge in [-0.25, -0.2) is 4.98 Å². The molecule has 1 unspecified atom stereocenters. The van der Waals surface area contributed by atoms with Crippen molar-refractivity contribution in [1.82, 2.24) is 15.6 Å². The van der Waals surface area contributed by atoms with Crippen molar-refractivity contribution in [3.63, 3.8) is 0 Å². The lowest BCUT2D eigenvalue weighted by molar-refractivity contribution is 0.394. The lowest BCUT2D eigenvalue weighted by Gasteiger charge is -2.21. The number of rotatable bonds is 6. The quantitative estimate of drug-likeness (QED) is 0.349. The molecule has 0 bridgehead atoms. The zero-order valence-corrected chi connectivity index (χ0v) is 19.8. The summed E-state index contributed by atoms with van der Waals surface area (Å²) in [6.07, 6.45) is 1.04. The zero-order chi connectivity index (χ0) is 19.2. The first-order valence-electron chi connectivity index (χ1n) is 8.97. The van der Waals surface area contributed by atoms with Gasteiger partial charge in [-0.1, -0.05) is 0 Å². The number of hydrogen-bond donors (Lipinski definition) is 2. The van der Waals surface area contributed by atoms with E-state index in [-0.39, 0.29) is 24.0 Å². The van der Waals surface area contributed by atoms with Gasteiger partial charge in [0.25, 0.3) is 0 Å². The van der Waals surface area contributed by atoms with Crippen LogP contribution in [-0.2, 0) is 6.54 Å². The van der Waals surface area contributed by atoms with Gasteiger partial charge in [0.05, 0.1) is 32.0 Å². The van der Waals surface area contributed by atoms with Gasteiger partial charge in [-0.3, -0.25) is 4.99 Å². The van der Waals surface area contributed by atoms with Gasteiger partial charge in [-0.05, 0) is 13.3 Å². The molecular formula is C19H28IN5O2S. The molecule has 7 nitrogen and oxygen atoms in total. The van der Waals surface area contributed by atoms with E-state index in [0.29, 0.717) is 6.04 Å². The molecule has 1 atom stereocenters. The van der Waals surface area contributed by atoms with Gasteiger partial charge >= 0.3 is 0 Å². The van der Waals surface area contributed by atoms with Crippen LogP contribution in [0.3, 0.4) is 0 Å². The van der Waals surface area contributed by atoms with Crippen LogP contribution in [0.15, 0.2) is 28.7 Å². The van der Waals surface area contributed by atoms with Gasteiger partial charge in [0.15, 0.2) is 5.96 Å². The average Bonchev–Trinajstić information content (AvgIpc) is 3.33. The number of ether oxygens (including phenoxy) is 2. The number of nitrogens with one attached hydrogen (secondary N) is 2. The monoisotopic (exact) mass is 517 g/mol. The molecule has 1 aromatic carbocycles. The lowest BCUT2D eigenvalue weighted by Crippen LogP contribution is -2.44. The lowest BCUT2D eigenvalue weighted by atomic mass is 10.2. The van der Waals surface area contributed by atoms with E-state index < -0.39 is 0 Å². The molecule has 3 rings (SSSR count). The SMILES string of the molecule is CN=C(NCc1scnc1C)NC1CCN(c2cc(OC)cc(OC)c2)C1.I. The topological polar surface area (TPSA) is 71.0 Å². The summed E-state index contributed by atoms with van der Waals surface area (Å²) in [4.78, 5) is 12.2. The minimum Gasteiger partial charge on any atom is -0.497 e. The van der Waals surface area contributed by atoms with Crippen molar-refractivity contribution in [1.29, 1.82) is 0 Å². The highest BCUT2D eigenvalue weighted by molar-refractivity contribution is 14.0. The van der Waals surface area contributed by atoms with Crippen LogP contribution in [0.2, 0.25) is 0 Å². The van der Waals surface area contributed by atoms with E-state index in [0.717, 1.165) is 54.9 Å². The second kappa shape index (κ2) is 10.7. The van der Waals surface area contributed by atoms with E-state index in [1.165, 1.54) is 4.88 Å². The van der Waals surface area contributed by atoms with Crippen LogP contribution >= 0.6 is 35.3 Å². The highest BCUT2D eigenvalue weighted by atomic mass is 127. The van der Waals surface area contributed by atoms with E-state index in [9.17, 15) is 0 Å². The molecular weight excluding hydrogens is 489 g/mol. The maximum Gasteiger partial charge on any atom is 0.191 e. The largest absolute Gasteiger partial charge is 0.497 e. The maximum atomic E-state index is 5.39. The second-order valence-corrected chi connectivity index (χ2v) is 7.37. The Kier molecular flexibility index (Phi) is 8.61. The number of guanidine groups is 1. The average molecular weight is 517 g/mol. The maximum absolute atomic E-state index is 5.39. The van der Waals surface area contributed by atoms with E-state index in [1.807, 2.05) is 30.6 Å². The van der Waals surface area contributed by atoms with Crippen molar-refractivity contribution >= 4 is 47.0 Å². The summed E-state index contributed by atoms with van der Waals surface area (Å²) in [6.45, 7) is 4.64. The van der Waals surface area contributed by atoms with Crippen LogP contribution in [-0.4, -0.2) is 51.3 Å². The van der Waals surface area contributed by atoms with Gasteiger partial charge in [-0.15, -0.1) is 35.3 Å².